The number of hydrogen-bond donors (Lipinski definition) is 0. The first-order chi connectivity index (χ1) is 13.1. The Kier molecular flexibility index (Phi) is 4.87. The summed E-state index contributed by atoms with van der Waals surface area (Å²) in [6.07, 6.45) is 1.02. The summed E-state index contributed by atoms with van der Waals surface area (Å²) in [6, 6.07) is 10.5. The smallest absolute Gasteiger partial charge is 0.340 e. The molecule has 0 bridgehead atoms. The highest BCUT2D eigenvalue weighted by Crippen LogP contribution is 2.31. The molecule has 0 saturated carbocycles. The van der Waals surface area contributed by atoms with E-state index in [-0.39, 0.29) is 13.2 Å². The molecule has 2 aliphatic rings. The fourth-order valence-corrected chi connectivity index (χ4v) is 3.32. The number of hydrogen-bond acceptors (Lipinski definition) is 7. The number of ether oxygens (including phenoxy) is 4. The first-order valence-electron chi connectivity index (χ1n) is 8.74. The molecule has 3 heterocycles. The summed E-state index contributed by atoms with van der Waals surface area (Å²) in [5.74, 6) is -0.900. The molecular formula is C20H19NO6. The van der Waals surface area contributed by atoms with Crippen LogP contribution in [0, 0.1) is 6.92 Å². The first-order valence-corrected chi connectivity index (χ1v) is 8.74. The third-order valence-electron chi connectivity index (χ3n) is 4.74. The van der Waals surface area contributed by atoms with E-state index in [1.807, 2.05) is 19.1 Å². The van der Waals surface area contributed by atoms with Crippen LogP contribution in [-0.2, 0) is 18.9 Å². The number of aryl methyl sites for hydroxylation is 1. The van der Waals surface area contributed by atoms with Crippen molar-refractivity contribution in [2.45, 2.75) is 31.3 Å². The van der Waals surface area contributed by atoms with E-state index >= 15 is 0 Å². The van der Waals surface area contributed by atoms with E-state index in [2.05, 4.69) is 4.98 Å². The molecule has 1 aromatic carbocycles. The second-order valence-electron chi connectivity index (χ2n) is 6.54. The van der Waals surface area contributed by atoms with Gasteiger partial charge in [0.15, 0.2) is 12.2 Å². The lowest BCUT2D eigenvalue weighted by Gasteiger charge is -2.17. The quantitative estimate of drug-likeness (QED) is 0.762. The fraction of sp³-hybridized carbons (Fsp3) is 0.350. The van der Waals surface area contributed by atoms with Gasteiger partial charge in [-0.05, 0) is 30.7 Å². The van der Waals surface area contributed by atoms with Gasteiger partial charge in [0.25, 0.3) is 0 Å². The molecular weight excluding hydrogens is 350 g/mol. The van der Waals surface area contributed by atoms with Gasteiger partial charge in [-0.3, -0.25) is 4.98 Å². The highest BCUT2D eigenvalue weighted by Gasteiger charge is 2.51. The van der Waals surface area contributed by atoms with E-state index in [4.69, 9.17) is 18.9 Å². The van der Waals surface area contributed by atoms with Crippen LogP contribution >= 0.6 is 0 Å². The van der Waals surface area contributed by atoms with Crippen LogP contribution < -0.4 is 0 Å². The first kappa shape index (κ1) is 17.6. The topological polar surface area (TPSA) is 84.0 Å². The molecule has 0 N–H and O–H groups in total. The Morgan fingerprint density at radius 1 is 0.963 bits per heavy atom. The molecule has 27 heavy (non-hydrogen) atoms. The van der Waals surface area contributed by atoms with Crippen LogP contribution in [0.2, 0.25) is 0 Å². The van der Waals surface area contributed by atoms with E-state index < -0.39 is 36.4 Å². The van der Waals surface area contributed by atoms with Gasteiger partial charge in [0, 0.05) is 12.4 Å². The van der Waals surface area contributed by atoms with Gasteiger partial charge in [-0.2, -0.15) is 0 Å². The Morgan fingerprint density at radius 3 is 2.26 bits per heavy atom. The molecule has 2 aromatic rings. The number of fused-ring (bicyclic) bond motifs is 1. The number of rotatable bonds is 4. The predicted octanol–water partition coefficient (Wildman–Crippen LogP) is 1.94. The van der Waals surface area contributed by atoms with Crippen molar-refractivity contribution in [1.29, 1.82) is 0 Å². The van der Waals surface area contributed by atoms with Crippen LogP contribution in [0.25, 0.3) is 0 Å². The summed E-state index contributed by atoms with van der Waals surface area (Å²) in [5, 5.41) is 0. The Bertz CT molecular complexity index is 839. The van der Waals surface area contributed by atoms with Gasteiger partial charge in [-0.15, -0.1) is 0 Å². The van der Waals surface area contributed by atoms with Crippen molar-refractivity contribution in [2.75, 3.05) is 13.2 Å². The molecule has 0 spiro atoms. The van der Waals surface area contributed by atoms with Crippen LogP contribution in [0.5, 0.6) is 0 Å². The van der Waals surface area contributed by atoms with E-state index in [0.717, 1.165) is 5.56 Å². The highest BCUT2D eigenvalue weighted by molar-refractivity contribution is 5.91. The Morgan fingerprint density at radius 2 is 1.63 bits per heavy atom. The summed E-state index contributed by atoms with van der Waals surface area (Å²) >= 11 is 0. The van der Waals surface area contributed by atoms with Gasteiger partial charge < -0.3 is 18.9 Å². The lowest BCUT2D eigenvalue weighted by Crippen LogP contribution is -2.36. The average molecular weight is 369 g/mol. The van der Waals surface area contributed by atoms with Crippen LogP contribution in [0.15, 0.2) is 48.8 Å². The minimum Gasteiger partial charge on any atom is -0.453 e. The Balaban J connectivity index is 1.38. The lowest BCUT2D eigenvalue weighted by atomic mass is 10.1. The third kappa shape index (κ3) is 3.56. The molecule has 2 fully saturated rings. The van der Waals surface area contributed by atoms with Gasteiger partial charge in [-0.25, -0.2) is 9.59 Å². The monoisotopic (exact) mass is 369 g/mol. The fourth-order valence-electron chi connectivity index (χ4n) is 3.32. The second kappa shape index (κ2) is 7.46. The van der Waals surface area contributed by atoms with Crippen molar-refractivity contribution in [1.82, 2.24) is 4.98 Å². The van der Waals surface area contributed by atoms with Crippen LogP contribution in [0.3, 0.4) is 0 Å². The Labute approximate surface area is 156 Å². The molecule has 4 rings (SSSR count). The van der Waals surface area contributed by atoms with Gasteiger partial charge in [0.05, 0.1) is 24.3 Å². The van der Waals surface area contributed by atoms with E-state index in [1.165, 1.54) is 6.20 Å². The molecule has 0 aliphatic carbocycles. The summed E-state index contributed by atoms with van der Waals surface area (Å²) in [6.45, 7) is 2.25. The molecule has 2 aliphatic heterocycles. The maximum atomic E-state index is 12.4. The zero-order chi connectivity index (χ0) is 18.8. The number of carbonyl (C=O) groups is 2. The normalized spacial score (nSPS) is 26.4. The second-order valence-corrected chi connectivity index (χ2v) is 6.54. The SMILES string of the molecule is Cc1ccccc1C(=O)O[C@H]1CO[C@H]2[C@@H]1OC[C@H]2OC(=O)c1cccnc1. The zero-order valence-electron chi connectivity index (χ0n) is 14.7. The van der Waals surface area contributed by atoms with Crippen molar-refractivity contribution in [3.63, 3.8) is 0 Å². The van der Waals surface area contributed by atoms with Crippen LogP contribution in [0.4, 0.5) is 0 Å². The molecule has 1 aromatic heterocycles. The maximum Gasteiger partial charge on any atom is 0.340 e. The summed E-state index contributed by atoms with van der Waals surface area (Å²) < 4.78 is 22.5. The van der Waals surface area contributed by atoms with Gasteiger partial charge in [0.1, 0.15) is 12.2 Å². The van der Waals surface area contributed by atoms with Crippen LogP contribution in [-0.4, -0.2) is 54.6 Å². The van der Waals surface area contributed by atoms with Gasteiger partial charge in [0.2, 0.25) is 0 Å². The molecule has 0 radical (unpaired) electrons. The zero-order valence-corrected chi connectivity index (χ0v) is 14.7. The number of carbonyl (C=O) groups excluding carboxylic acids is 2. The van der Waals surface area contributed by atoms with Crippen LogP contribution in [0.1, 0.15) is 26.3 Å². The third-order valence-corrected chi connectivity index (χ3v) is 4.74. The number of pyridine rings is 1. The average Bonchev–Trinajstić information content (AvgIpc) is 3.26. The summed E-state index contributed by atoms with van der Waals surface area (Å²) in [4.78, 5) is 28.5. The largest absolute Gasteiger partial charge is 0.453 e. The molecule has 7 heteroatoms. The van der Waals surface area contributed by atoms with Gasteiger partial charge >= 0.3 is 11.9 Å². The number of nitrogens with zero attached hydrogens (tertiary/aromatic N) is 1. The Hall–Kier alpha value is -2.77. The van der Waals surface area contributed by atoms with E-state index in [1.54, 1.807) is 30.5 Å². The highest BCUT2D eigenvalue weighted by atomic mass is 16.7. The minimum absolute atomic E-state index is 0.194. The number of aromatic nitrogens is 1. The summed E-state index contributed by atoms with van der Waals surface area (Å²) in [5.41, 5.74) is 1.72. The van der Waals surface area contributed by atoms with Crippen molar-refractivity contribution < 1.29 is 28.5 Å². The van der Waals surface area contributed by atoms with Gasteiger partial charge in [-0.1, -0.05) is 18.2 Å². The standard InChI is InChI=1S/C20H19NO6/c1-12-5-2-3-7-14(12)20(23)27-16-11-25-17-15(10-24-18(16)17)26-19(22)13-6-4-8-21-9-13/h2-9,15-18H,10-11H2,1H3/t15-,16+,17-,18-/m1/s1. The molecule has 0 amide bonds. The van der Waals surface area contributed by atoms with E-state index in [9.17, 15) is 9.59 Å². The van der Waals surface area contributed by atoms with Crippen molar-refractivity contribution in [2.24, 2.45) is 0 Å². The molecule has 0 unspecified atom stereocenters. The van der Waals surface area contributed by atoms with Crippen molar-refractivity contribution in [3.05, 3.63) is 65.5 Å². The van der Waals surface area contributed by atoms with Crippen molar-refractivity contribution >= 4 is 11.9 Å². The molecule has 140 valence electrons. The van der Waals surface area contributed by atoms with Crippen molar-refractivity contribution in [3.8, 4) is 0 Å². The number of esters is 2. The summed E-state index contributed by atoms with van der Waals surface area (Å²) in [7, 11) is 0. The molecule has 7 nitrogen and oxygen atoms in total. The lowest BCUT2D eigenvalue weighted by molar-refractivity contribution is -0.0287. The maximum absolute atomic E-state index is 12.4. The minimum atomic E-state index is -0.551. The van der Waals surface area contributed by atoms with E-state index in [0.29, 0.717) is 11.1 Å². The number of benzene rings is 1. The molecule has 2 saturated heterocycles. The molecule has 4 atom stereocenters. The predicted molar refractivity (Wildman–Crippen MR) is 93.3 cm³/mol.